The van der Waals surface area contributed by atoms with Crippen molar-refractivity contribution in [2.45, 2.75) is 39.8 Å². The predicted molar refractivity (Wildman–Crippen MR) is 84.0 cm³/mol. The smallest absolute Gasteiger partial charge is 0.407 e. The Morgan fingerprint density at radius 3 is 1.91 bits per heavy atom. The lowest BCUT2D eigenvalue weighted by Crippen LogP contribution is -2.46. The van der Waals surface area contributed by atoms with Gasteiger partial charge in [0.2, 0.25) is 0 Å². The van der Waals surface area contributed by atoms with Crippen LogP contribution in [0.1, 0.15) is 27.7 Å². The summed E-state index contributed by atoms with van der Waals surface area (Å²) in [6, 6.07) is -0.939. The van der Waals surface area contributed by atoms with E-state index in [-0.39, 0.29) is 42.6 Å². The fraction of sp³-hybridized carbons (Fsp3) is 0.769. The van der Waals surface area contributed by atoms with E-state index in [2.05, 4.69) is 20.7 Å². The number of hydrogen-bond donors (Lipinski definition) is 5. The van der Waals surface area contributed by atoms with Gasteiger partial charge in [0, 0.05) is 7.05 Å². The molecule has 2 atom stereocenters. The third-order valence-electron chi connectivity index (χ3n) is 2.44. The Kier molecular flexibility index (Phi) is 16.1. The molecule has 0 rings (SSSR count). The molecule has 0 saturated heterocycles. The van der Waals surface area contributed by atoms with Crippen LogP contribution in [0.25, 0.3) is 0 Å². The van der Waals surface area contributed by atoms with Crippen molar-refractivity contribution in [2.24, 2.45) is 5.92 Å². The molecule has 0 radical (unpaired) electrons. The van der Waals surface area contributed by atoms with E-state index in [1.807, 2.05) is 13.8 Å². The molecule has 22 heavy (non-hydrogen) atoms. The van der Waals surface area contributed by atoms with Gasteiger partial charge < -0.3 is 31.9 Å². The summed E-state index contributed by atoms with van der Waals surface area (Å²) in [5.41, 5.74) is 0. The number of aliphatic hydroxyl groups is 1. The van der Waals surface area contributed by atoms with Crippen LogP contribution in [0.5, 0.6) is 0 Å². The molecule has 0 aliphatic heterocycles. The molecule has 9 heteroatoms. The predicted octanol–water partition coefficient (Wildman–Crippen LogP) is 0.414. The lowest BCUT2D eigenvalue weighted by molar-refractivity contribution is -0.119. The molecule has 0 heterocycles. The number of ketones is 1. The maximum Gasteiger partial charge on any atom is 0.407 e. The van der Waals surface area contributed by atoms with E-state index in [4.69, 9.17) is 5.11 Å². The molecule has 0 fully saturated rings. The number of Topliss-reactive ketones (excluding diaryl/α,β-unsaturated/α-hetero) is 1. The van der Waals surface area contributed by atoms with Crippen molar-refractivity contribution < 1.29 is 24.2 Å². The maximum atomic E-state index is 11.0. The van der Waals surface area contributed by atoms with Crippen LogP contribution >= 0.6 is 0 Å². The van der Waals surface area contributed by atoms with Crippen LogP contribution in [0.2, 0.25) is 0 Å². The van der Waals surface area contributed by atoms with Gasteiger partial charge in [0.15, 0.2) is 5.78 Å². The first-order chi connectivity index (χ1) is 9.69. The number of carbonyl (C=O) groups excluding carboxylic acids is 3. The minimum absolute atomic E-state index is 0. The van der Waals surface area contributed by atoms with Crippen LogP contribution in [0.4, 0.5) is 9.59 Å². The molecule has 0 aromatic heterocycles. The number of nitrogens with one attached hydrogen (secondary N) is 3. The van der Waals surface area contributed by atoms with Crippen LogP contribution in [0.15, 0.2) is 0 Å². The van der Waals surface area contributed by atoms with Gasteiger partial charge in [-0.25, -0.2) is 9.59 Å². The summed E-state index contributed by atoms with van der Waals surface area (Å²) in [6.07, 6.45) is -0.517. The van der Waals surface area contributed by atoms with Gasteiger partial charge in [-0.05, 0) is 19.8 Å². The highest BCUT2D eigenvalue weighted by Gasteiger charge is 2.19. The van der Waals surface area contributed by atoms with E-state index in [0.29, 0.717) is 0 Å². The number of urea groups is 1. The van der Waals surface area contributed by atoms with Crippen molar-refractivity contribution in [3.8, 4) is 0 Å². The highest BCUT2D eigenvalue weighted by atomic mass is 16.5. The normalized spacial score (nSPS) is 11.8. The van der Waals surface area contributed by atoms with Crippen molar-refractivity contribution in [2.75, 3.05) is 20.8 Å². The zero-order valence-electron chi connectivity index (χ0n) is 14.2. The SMILES string of the molecule is CNC(=O)NC(C(C)=O)C(C)C.COC(=O)N[C@@H](C)CO.N. The Morgan fingerprint density at radius 1 is 1.14 bits per heavy atom. The number of rotatable bonds is 5. The van der Waals surface area contributed by atoms with Gasteiger partial charge in [-0.2, -0.15) is 0 Å². The van der Waals surface area contributed by atoms with Gasteiger partial charge in [0.05, 0.1) is 25.8 Å². The molecule has 0 aliphatic rings. The first-order valence-electron chi connectivity index (χ1n) is 6.63. The largest absolute Gasteiger partial charge is 0.453 e. The Labute approximate surface area is 131 Å². The van der Waals surface area contributed by atoms with Crippen LogP contribution in [0.3, 0.4) is 0 Å². The molecule has 0 aromatic carbocycles. The molecule has 3 amide bonds. The monoisotopic (exact) mass is 322 g/mol. The van der Waals surface area contributed by atoms with E-state index in [0.717, 1.165) is 0 Å². The third kappa shape index (κ3) is 13.1. The number of carbonyl (C=O) groups is 3. The highest BCUT2D eigenvalue weighted by Crippen LogP contribution is 2.01. The van der Waals surface area contributed by atoms with Crippen molar-refractivity contribution in [3.05, 3.63) is 0 Å². The summed E-state index contributed by atoms with van der Waals surface area (Å²) < 4.78 is 4.26. The fourth-order valence-corrected chi connectivity index (χ4v) is 1.26. The first kappa shape index (κ1) is 25.1. The maximum absolute atomic E-state index is 11.0. The van der Waals surface area contributed by atoms with Gasteiger partial charge in [-0.1, -0.05) is 13.8 Å². The van der Waals surface area contributed by atoms with Crippen molar-refractivity contribution in [3.63, 3.8) is 0 Å². The second-order valence-corrected chi connectivity index (χ2v) is 4.78. The highest BCUT2D eigenvalue weighted by molar-refractivity contribution is 5.86. The molecule has 132 valence electrons. The molecule has 9 nitrogen and oxygen atoms in total. The first-order valence-corrected chi connectivity index (χ1v) is 6.63. The quantitative estimate of drug-likeness (QED) is 0.494. The van der Waals surface area contributed by atoms with Crippen molar-refractivity contribution in [1.82, 2.24) is 22.1 Å². The molecular formula is C13H30N4O5. The number of hydrogen-bond acceptors (Lipinski definition) is 6. The van der Waals surface area contributed by atoms with E-state index >= 15 is 0 Å². The molecule has 7 N–H and O–H groups in total. The molecule has 0 aromatic rings. The summed E-state index contributed by atoms with van der Waals surface area (Å²) >= 11 is 0. The molecular weight excluding hydrogens is 292 g/mol. The Hall–Kier alpha value is -1.87. The van der Waals surface area contributed by atoms with E-state index < -0.39 is 6.09 Å². The van der Waals surface area contributed by atoms with Gasteiger partial charge in [-0.15, -0.1) is 0 Å². The minimum atomic E-state index is -0.517. The van der Waals surface area contributed by atoms with Crippen molar-refractivity contribution in [1.29, 1.82) is 0 Å². The standard InChI is InChI=1S/C8H16N2O2.C5H11NO3.H3N/c1-5(2)7(6(3)11)10-8(12)9-4;1-4(3-7)6-5(8)9-2;/h5,7H,1-4H3,(H2,9,10,12);4,7H,3H2,1-2H3,(H,6,8);1H3/t;4-;/m.0./s1. The lowest BCUT2D eigenvalue weighted by Gasteiger charge is -2.18. The zero-order valence-corrected chi connectivity index (χ0v) is 14.2. The molecule has 0 saturated carbocycles. The second kappa shape index (κ2) is 14.1. The van der Waals surface area contributed by atoms with Crippen LogP contribution < -0.4 is 22.1 Å². The summed E-state index contributed by atoms with van der Waals surface area (Å²) in [6.45, 7) is 6.86. The fourth-order valence-electron chi connectivity index (χ4n) is 1.26. The van der Waals surface area contributed by atoms with Gasteiger partial charge in [0.25, 0.3) is 0 Å². The second-order valence-electron chi connectivity index (χ2n) is 4.78. The van der Waals surface area contributed by atoms with Crippen LogP contribution in [-0.2, 0) is 9.53 Å². The average Bonchev–Trinajstić information content (AvgIpc) is 2.43. The lowest BCUT2D eigenvalue weighted by atomic mass is 10.0. The van der Waals surface area contributed by atoms with Crippen LogP contribution in [-0.4, -0.2) is 55.9 Å². The molecule has 0 spiro atoms. The van der Waals surface area contributed by atoms with E-state index in [9.17, 15) is 14.4 Å². The zero-order chi connectivity index (χ0) is 17.0. The number of alkyl carbamates (subject to hydrolysis) is 1. The number of aliphatic hydroxyl groups excluding tert-OH is 1. The Balaban J connectivity index is -0.000000326. The summed E-state index contributed by atoms with van der Waals surface area (Å²) in [7, 11) is 2.80. The minimum Gasteiger partial charge on any atom is -0.453 e. The number of amides is 3. The third-order valence-corrected chi connectivity index (χ3v) is 2.44. The van der Waals surface area contributed by atoms with Crippen molar-refractivity contribution >= 4 is 17.9 Å². The summed E-state index contributed by atoms with van der Waals surface area (Å²) in [5.74, 6) is 0.105. The number of methoxy groups -OCH3 is 1. The Bertz CT molecular complexity index is 336. The summed E-state index contributed by atoms with van der Waals surface area (Å²) in [5, 5.41) is 15.7. The summed E-state index contributed by atoms with van der Waals surface area (Å²) in [4.78, 5) is 32.2. The van der Waals surface area contributed by atoms with E-state index in [1.165, 1.54) is 21.1 Å². The molecule has 0 aliphatic carbocycles. The van der Waals surface area contributed by atoms with Gasteiger partial charge >= 0.3 is 12.1 Å². The molecule has 1 unspecified atom stereocenters. The van der Waals surface area contributed by atoms with E-state index in [1.54, 1.807) is 6.92 Å². The van der Waals surface area contributed by atoms with Gasteiger partial charge in [-0.3, -0.25) is 4.79 Å². The average molecular weight is 322 g/mol. The Morgan fingerprint density at radius 2 is 1.64 bits per heavy atom. The number of ether oxygens (including phenoxy) is 1. The van der Waals surface area contributed by atoms with Gasteiger partial charge in [0.1, 0.15) is 0 Å². The van der Waals surface area contributed by atoms with Crippen LogP contribution in [0, 0.1) is 5.92 Å². The topological polar surface area (TPSA) is 152 Å². The molecule has 0 bridgehead atoms.